The van der Waals surface area contributed by atoms with Crippen LogP contribution in [0.2, 0.25) is 0 Å². The molecule has 1 aromatic carbocycles. The molecule has 1 saturated heterocycles. The fourth-order valence-corrected chi connectivity index (χ4v) is 3.21. The molecular formula is C18H17F3N6O3. The molecule has 1 aliphatic heterocycles. The van der Waals surface area contributed by atoms with Gasteiger partial charge in [0.2, 0.25) is 0 Å². The van der Waals surface area contributed by atoms with Crippen LogP contribution >= 0.6 is 0 Å². The summed E-state index contributed by atoms with van der Waals surface area (Å²) >= 11 is 0. The normalized spacial score (nSPS) is 16.8. The van der Waals surface area contributed by atoms with Gasteiger partial charge in [0.1, 0.15) is 5.75 Å². The summed E-state index contributed by atoms with van der Waals surface area (Å²) in [6.45, 7) is 2.68. The van der Waals surface area contributed by atoms with E-state index in [9.17, 15) is 18.0 Å². The summed E-state index contributed by atoms with van der Waals surface area (Å²) in [6, 6.07) is 4.90. The lowest BCUT2D eigenvalue weighted by Crippen LogP contribution is -2.29. The molecule has 0 saturated carbocycles. The number of rotatable bonds is 5. The molecule has 12 heteroatoms. The summed E-state index contributed by atoms with van der Waals surface area (Å²) in [5, 5.41) is 11.9. The molecule has 158 valence electrons. The third kappa shape index (κ3) is 4.26. The van der Waals surface area contributed by atoms with Crippen LogP contribution in [0.4, 0.5) is 13.2 Å². The zero-order chi connectivity index (χ0) is 21.3. The van der Waals surface area contributed by atoms with Crippen molar-refractivity contribution < 1.29 is 27.2 Å². The van der Waals surface area contributed by atoms with Gasteiger partial charge in [0.05, 0.1) is 12.2 Å². The topological polar surface area (TPSA) is 99.2 Å². The summed E-state index contributed by atoms with van der Waals surface area (Å²) < 4.78 is 47.9. The monoisotopic (exact) mass is 422 g/mol. The number of carbonyl (C=O) groups is 1. The maximum Gasteiger partial charge on any atom is 0.573 e. The third-order valence-electron chi connectivity index (χ3n) is 4.65. The van der Waals surface area contributed by atoms with E-state index < -0.39 is 12.1 Å². The molecule has 4 rings (SSSR count). The van der Waals surface area contributed by atoms with Crippen molar-refractivity contribution in [1.29, 1.82) is 0 Å². The lowest BCUT2D eigenvalue weighted by molar-refractivity contribution is -0.274. The summed E-state index contributed by atoms with van der Waals surface area (Å²) in [5.41, 5.74) is 0.554. The summed E-state index contributed by atoms with van der Waals surface area (Å²) in [5.74, 6) is 0.0189. The highest BCUT2D eigenvalue weighted by Gasteiger charge is 2.32. The molecule has 1 atom stereocenters. The van der Waals surface area contributed by atoms with Gasteiger partial charge in [0.25, 0.3) is 11.8 Å². The molecule has 0 bridgehead atoms. The Bertz CT molecular complexity index is 1050. The minimum absolute atomic E-state index is 0.120. The van der Waals surface area contributed by atoms with Crippen molar-refractivity contribution in [3.8, 4) is 17.3 Å². The van der Waals surface area contributed by atoms with Crippen LogP contribution in [-0.4, -0.2) is 55.4 Å². The van der Waals surface area contributed by atoms with Crippen LogP contribution in [0, 0.1) is 0 Å². The van der Waals surface area contributed by atoms with E-state index >= 15 is 0 Å². The number of carbonyl (C=O) groups excluding carboxylic acids is 1. The van der Waals surface area contributed by atoms with Gasteiger partial charge in [-0.15, -0.1) is 18.3 Å². The number of amides is 1. The van der Waals surface area contributed by atoms with E-state index in [4.69, 9.17) is 4.52 Å². The fourth-order valence-electron chi connectivity index (χ4n) is 3.21. The summed E-state index contributed by atoms with van der Waals surface area (Å²) in [6.07, 6.45) is -1.89. The molecule has 3 heterocycles. The number of halogens is 3. The molecule has 3 aromatic rings. The van der Waals surface area contributed by atoms with E-state index in [1.54, 1.807) is 15.8 Å². The highest BCUT2D eigenvalue weighted by Crippen LogP contribution is 2.27. The van der Waals surface area contributed by atoms with Crippen molar-refractivity contribution in [2.24, 2.45) is 0 Å². The molecule has 0 radical (unpaired) electrons. The Balaban J connectivity index is 1.43. The highest BCUT2D eigenvalue weighted by atomic mass is 19.4. The number of benzene rings is 1. The van der Waals surface area contributed by atoms with Gasteiger partial charge in [-0.3, -0.25) is 4.79 Å². The first-order valence-electron chi connectivity index (χ1n) is 9.22. The number of hydrogen-bond donors (Lipinski definition) is 0. The van der Waals surface area contributed by atoms with Gasteiger partial charge in [-0.25, -0.2) is 4.68 Å². The summed E-state index contributed by atoms with van der Waals surface area (Å²) in [4.78, 5) is 18.5. The predicted molar refractivity (Wildman–Crippen MR) is 95.4 cm³/mol. The van der Waals surface area contributed by atoms with E-state index in [1.165, 1.54) is 12.1 Å². The van der Waals surface area contributed by atoms with Gasteiger partial charge >= 0.3 is 6.36 Å². The van der Waals surface area contributed by atoms with Crippen molar-refractivity contribution in [1.82, 2.24) is 30.0 Å². The van der Waals surface area contributed by atoms with E-state index in [1.807, 2.05) is 6.92 Å². The summed E-state index contributed by atoms with van der Waals surface area (Å²) in [7, 11) is 0. The number of aryl methyl sites for hydroxylation is 1. The Morgan fingerprint density at radius 2 is 2.20 bits per heavy atom. The minimum atomic E-state index is -4.82. The first-order chi connectivity index (χ1) is 14.3. The Labute approximate surface area is 168 Å². The van der Waals surface area contributed by atoms with Crippen molar-refractivity contribution in [3.63, 3.8) is 0 Å². The second-order valence-corrected chi connectivity index (χ2v) is 6.72. The van der Waals surface area contributed by atoms with Crippen molar-refractivity contribution in [2.75, 3.05) is 13.1 Å². The maximum atomic E-state index is 12.7. The van der Waals surface area contributed by atoms with Crippen molar-refractivity contribution >= 4 is 5.91 Å². The van der Waals surface area contributed by atoms with Gasteiger partial charge in [-0.05, 0) is 24.6 Å². The lowest BCUT2D eigenvalue weighted by Gasteiger charge is -2.17. The molecule has 1 aliphatic rings. The Hall–Kier alpha value is -3.44. The third-order valence-corrected chi connectivity index (χ3v) is 4.65. The second kappa shape index (κ2) is 7.76. The number of hydrogen-bond acceptors (Lipinski definition) is 7. The van der Waals surface area contributed by atoms with Crippen molar-refractivity contribution in [2.45, 2.75) is 32.2 Å². The number of ether oxygens (including phenoxy) is 1. The standard InChI is InChI=1S/C18H17F3N6O3/c1-2-15-22-16(30-24-15)14-10-27(25-23-14)12-6-7-26(9-12)17(28)11-4-3-5-13(8-11)29-18(19,20)21/h3-5,8,10,12H,2,6-7,9H2,1H3/t12-/m0/s1. The molecule has 2 aromatic heterocycles. The Morgan fingerprint density at radius 1 is 1.37 bits per heavy atom. The highest BCUT2D eigenvalue weighted by molar-refractivity contribution is 5.94. The molecule has 0 N–H and O–H groups in total. The Kier molecular flexibility index (Phi) is 5.14. The first-order valence-corrected chi connectivity index (χ1v) is 9.22. The van der Waals surface area contributed by atoms with Crippen LogP contribution in [-0.2, 0) is 6.42 Å². The van der Waals surface area contributed by atoms with Gasteiger partial charge in [-0.2, -0.15) is 4.98 Å². The predicted octanol–water partition coefficient (Wildman–Crippen LogP) is 2.88. The molecule has 1 amide bonds. The van der Waals surface area contributed by atoms with Crippen LogP contribution < -0.4 is 4.74 Å². The number of nitrogens with zero attached hydrogens (tertiary/aromatic N) is 6. The maximum absolute atomic E-state index is 12.7. The molecule has 0 aliphatic carbocycles. The number of aromatic nitrogens is 5. The number of likely N-dealkylation sites (tertiary alicyclic amines) is 1. The van der Waals surface area contributed by atoms with E-state index in [2.05, 4.69) is 25.2 Å². The molecule has 30 heavy (non-hydrogen) atoms. The van der Waals surface area contributed by atoms with Gasteiger partial charge < -0.3 is 14.2 Å². The van der Waals surface area contributed by atoms with E-state index in [-0.39, 0.29) is 23.4 Å². The molecule has 0 unspecified atom stereocenters. The zero-order valence-electron chi connectivity index (χ0n) is 15.8. The quantitative estimate of drug-likeness (QED) is 0.623. The second-order valence-electron chi connectivity index (χ2n) is 6.72. The van der Waals surface area contributed by atoms with Crippen LogP contribution in [0.15, 0.2) is 35.0 Å². The van der Waals surface area contributed by atoms with E-state index in [0.29, 0.717) is 37.4 Å². The minimum Gasteiger partial charge on any atom is -0.406 e. The van der Waals surface area contributed by atoms with Crippen LogP contribution in [0.25, 0.3) is 11.6 Å². The fraction of sp³-hybridized carbons (Fsp3) is 0.389. The lowest BCUT2D eigenvalue weighted by atomic mass is 10.2. The Morgan fingerprint density at radius 3 is 2.93 bits per heavy atom. The van der Waals surface area contributed by atoms with Crippen molar-refractivity contribution in [3.05, 3.63) is 41.9 Å². The average Bonchev–Trinajstić information content (AvgIpc) is 3.45. The number of alkyl halides is 3. The van der Waals surface area contributed by atoms with Gasteiger partial charge in [-0.1, -0.05) is 23.4 Å². The molecular weight excluding hydrogens is 405 g/mol. The zero-order valence-corrected chi connectivity index (χ0v) is 15.8. The average molecular weight is 422 g/mol. The van der Waals surface area contributed by atoms with Crippen LogP contribution in [0.1, 0.15) is 35.6 Å². The molecule has 9 nitrogen and oxygen atoms in total. The smallest absolute Gasteiger partial charge is 0.406 e. The van der Waals surface area contributed by atoms with Crippen LogP contribution in [0.5, 0.6) is 5.75 Å². The van der Waals surface area contributed by atoms with Gasteiger partial charge in [0, 0.05) is 25.1 Å². The molecule has 1 fully saturated rings. The van der Waals surface area contributed by atoms with E-state index in [0.717, 1.165) is 12.1 Å². The molecule has 0 spiro atoms. The van der Waals surface area contributed by atoms with Gasteiger partial charge in [0.15, 0.2) is 11.5 Å². The SMILES string of the molecule is CCc1noc(-c2cn([C@H]3CCN(C(=O)c4cccc(OC(F)(F)F)c4)C3)nn2)n1. The van der Waals surface area contributed by atoms with Crippen LogP contribution in [0.3, 0.4) is 0 Å². The first kappa shape index (κ1) is 19.9. The largest absolute Gasteiger partial charge is 0.573 e.